The molecule has 0 radical (unpaired) electrons. The molecular formula is C12H16N2O3. The Morgan fingerprint density at radius 3 is 2.82 bits per heavy atom. The maximum Gasteiger partial charge on any atom is 0.319 e. The molecule has 3 N–H and O–H groups in total. The van der Waals surface area contributed by atoms with Crippen molar-refractivity contribution in [2.24, 2.45) is 0 Å². The lowest BCUT2D eigenvalue weighted by Gasteiger charge is -2.11. The topological polar surface area (TPSA) is 78.4 Å². The van der Waals surface area contributed by atoms with Gasteiger partial charge in [0.25, 0.3) is 0 Å². The maximum absolute atomic E-state index is 11.4. The summed E-state index contributed by atoms with van der Waals surface area (Å²) < 4.78 is 0. The van der Waals surface area contributed by atoms with E-state index in [0.29, 0.717) is 11.3 Å². The number of benzene rings is 1. The van der Waals surface area contributed by atoms with Gasteiger partial charge in [-0.2, -0.15) is 0 Å². The fourth-order valence-corrected chi connectivity index (χ4v) is 1.32. The number of carbonyl (C=O) groups is 2. The number of aliphatic hydroxyl groups excluding tert-OH is 1. The first-order valence-corrected chi connectivity index (χ1v) is 5.32. The SMILES string of the molecule is Cc1c(C=O)cccc1NC(=O)NCC(C)O. The lowest BCUT2D eigenvalue weighted by Crippen LogP contribution is -2.34. The van der Waals surface area contributed by atoms with E-state index in [1.54, 1.807) is 32.0 Å². The molecule has 0 saturated heterocycles. The fraction of sp³-hybridized carbons (Fsp3) is 0.333. The minimum absolute atomic E-state index is 0.179. The number of aldehydes is 1. The normalized spacial score (nSPS) is 11.7. The summed E-state index contributed by atoms with van der Waals surface area (Å²) in [4.78, 5) is 22.2. The highest BCUT2D eigenvalue weighted by Crippen LogP contribution is 2.17. The first-order valence-electron chi connectivity index (χ1n) is 5.32. The smallest absolute Gasteiger partial charge is 0.319 e. The number of amides is 2. The molecule has 1 aromatic carbocycles. The van der Waals surface area contributed by atoms with Crippen LogP contribution in [0.25, 0.3) is 0 Å². The number of urea groups is 1. The van der Waals surface area contributed by atoms with Crippen molar-refractivity contribution in [3.63, 3.8) is 0 Å². The van der Waals surface area contributed by atoms with E-state index in [1.807, 2.05) is 0 Å². The third-order valence-corrected chi connectivity index (χ3v) is 2.31. The minimum Gasteiger partial charge on any atom is -0.392 e. The van der Waals surface area contributed by atoms with Crippen molar-refractivity contribution >= 4 is 18.0 Å². The molecule has 92 valence electrons. The van der Waals surface area contributed by atoms with E-state index in [-0.39, 0.29) is 6.54 Å². The Morgan fingerprint density at radius 2 is 2.24 bits per heavy atom. The molecule has 2 amide bonds. The van der Waals surface area contributed by atoms with Crippen LogP contribution < -0.4 is 10.6 Å². The Labute approximate surface area is 99.8 Å². The van der Waals surface area contributed by atoms with Crippen LogP contribution in [0.15, 0.2) is 18.2 Å². The van der Waals surface area contributed by atoms with Crippen LogP contribution in [0.5, 0.6) is 0 Å². The second-order valence-corrected chi connectivity index (χ2v) is 3.82. The Bertz CT molecular complexity index is 416. The van der Waals surface area contributed by atoms with E-state index in [1.165, 1.54) is 0 Å². The molecule has 0 aliphatic heterocycles. The molecule has 1 aromatic rings. The molecule has 0 heterocycles. The van der Waals surface area contributed by atoms with E-state index in [0.717, 1.165) is 11.8 Å². The van der Waals surface area contributed by atoms with Crippen molar-refractivity contribution < 1.29 is 14.7 Å². The summed E-state index contributed by atoms with van der Waals surface area (Å²) in [7, 11) is 0. The van der Waals surface area contributed by atoms with Gasteiger partial charge < -0.3 is 15.7 Å². The highest BCUT2D eigenvalue weighted by atomic mass is 16.3. The van der Waals surface area contributed by atoms with E-state index in [4.69, 9.17) is 5.11 Å². The van der Waals surface area contributed by atoms with Crippen molar-refractivity contribution in [3.8, 4) is 0 Å². The van der Waals surface area contributed by atoms with Crippen LogP contribution in [-0.2, 0) is 0 Å². The van der Waals surface area contributed by atoms with Crippen LogP contribution >= 0.6 is 0 Å². The molecule has 1 unspecified atom stereocenters. The van der Waals surface area contributed by atoms with Crippen LogP contribution in [0.4, 0.5) is 10.5 Å². The molecular weight excluding hydrogens is 220 g/mol. The molecule has 0 saturated carbocycles. The van der Waals surface area contributed by atoms with Crippen LogP contribution in [-0.4, -0.2) is 30.1 Å². The minimum atomic E-state index is -0.594. The number of hydrogen-bond acceptors (Lipinski definition) is 3. The average molecular weight is 236 g/mol. The average Bonchev–Trinajstić information content (AvgIpc) is 2.29. The van der Waals surface area contributed by atoms with Crippen LogP contribution in [0.1, 0.15) is 22.8 Å². The highest BCUT2D eigenvalue weighted by molar-refractivity contribution is 5.92. The lowest BCUT2D eigenvalue weighted by molar-refractivity contribution is 0.112. The Balaban J connectivity index is 2.68. The summed E-state index contributed by atoms with van der Waals surface area (Å²) in [6.45, 7) is 3.52. The van der Waals surface area contributed by atoms with E-state index < -0.39 is 12.1 Å². The summed E-state index contributed by atoms with van der Waals surface area (Å²) in [5.74, 6) is 0. The van der Waals surface area contributed by atoms with Gasteiger partial charge in [0.2, 0.25) is 0 Å². The molecule has 0 aliphatic rings. The van der Waals surface area contributed by atoms with Crippen LogP contribution in [0.2, 0.25) is 0 Å². The van der Waals surface area contributed by atoms with Gasteiger partial charge in [-0.3, -0.25) is 4.79 Å². The zero-order chi connectivity index (χ0) is 12.8. The van der Waals surface area contributed by atoms with Gasteiger partial charge in [-0.15, -0.1) is 0 Å². The molecule has 0 fully saturated rings. The molecule has 0 spiro atoms. The maximum atomic E-state index is 11.4. The van der Waals surface area contributed by atoms with Crippen LogP contribution in [0.3, 0.4) is 0 Å². The predicted octanol–water partition coefficient (Wildman–Crippen LogP) is 1.31. The van der Waals surface area contributed by atoms with Gasteiger partial charge in [0.15, 0.2) is 0 Å². The number of carbonyl (C=O) groups excluding carboxylic acids is 2. The molecule has 1 rings (SSSR count). The van der Waals surface area contributed by atoms with E-state index >= 15 is 0 Å². The number of rotatable bonds is 4. The fourth-order valence-electron chi connectivity index (χ4n) is 1.32. The molecule has 0 bridgehead atoms. The molecule has 17 heavy (non-hydrogen) atoms. The third kappa shape index (κ3) is 3.88. The lowest BCUT2D eigenvalue weighted by atomic mass is 10.1. The molecule has 0 aromatic heterocycles. The largest absolute Gasteiger partial charge is 0.392 e. The first-order chi connectivity index (χ1) is 8.04. The number of aliphatic hydroxyl groups is 1. The highest BCUT2D eigenvalue weighted by Gasteiger charge is 2.07. The first kappa shape index (κ1) is 13.2. The van der Waals surface area contributed by atoms with Crippen molar-refractivity contribution in [2.75, 3.05) is 11.9 Å². The predicted molar refractivity (Wildman–Crippen MR) is 65.3 cm³/mol. The van der Waals surface area contributed by atoms with Gasteiger partial charge in [-0.05, 0) is 25.5 Å². The Kier molecular flexibility index (Phi) is 4.66. The van der Waals surface area contributed by atoms with Crippen molar-refractivity contribution in [1.29, 1.82) is 0 Å². The Hall–Kier alpha value is -1.88. The number of nitrogens with one attached hydrogen (secondary N) is 2. The van der Waals surface area contributed by atoms with Gasteiger partial charge in [0.05, 0.1) is 6.10 Å². The van der Waals surface area contributed by atoms with E-state index in [2.05, 4.69) is 10.6 Å². The number of anilines is 1. The second-order valence-electron chi connectivity index (χ2n) is 3.82. The molecule has 1 atom stereocenters. The monoisotopic (exact) mass is 236 g/mol. The summed E-state index contributed by atoms with van der Waals surface area (Å²) in [6.07, 6.45) is 0.150. The summed E-state index contributed by atoms with van der Waals surface area (Å²) >= 11 is 0. The van der Waals surface area contributed by atoms with Crippen molar-refractivity contribution in [1.82, 2.24) is 5.32 Å². The Morgan fingerprint density at radius 1 is 1.53 bits per heavy atom. The van der Waals surface area contributed by atoms with E-state index in [9.17, 15) is 9.59 Å². The molecule has 0 aliphatic carbocycles. The molecule has 5 heteroatoms. The van der Waals surface area contributed by atoms with Crippen molar-refractivity contribution in [3.05, 3.63) is 29.3 Å². The third-order valence-electron chi connectivity index (χ3n) is 2.31. The summed E-state index contributed by atoms with van der Waals surface area (Å²) in [5, 5.41) is 14.1. The van der Waals surface area contributed by atoms with Gasteiger partial charge >= 0.3 is 6.03 Å². The summed E-state index contributed by atoms with van der Waals surface area (Å²) in [5.41, 5.74) is 1.84. The quantitative estimate of drug-likeness (QED) is 0.690. The van der Waals surface area contributed by atoms with Gasteiger partial charge in [-0.25, -0.2) is 4.79 Å². The zero-order valence-corrected chi connectivity index (χ0v) is 9.86. The standard InChI is InChI=1S/C12H16N2O3/c1-8(16)6-13-12(17)14-11-5-3-4-10(7-15)9(11)2/h3-5,7-8,16H,6H2,1-2H3,(H2,13,14,17). The second kappa shape index (κ2) is 6.00. The number of hydrogen-bond donors (Lipinski definition) is 3. The zero-order valence-electron chi connectivity index (χ0n) is 9.86. The van der Waals surface area contributed by atoms with Crippen molar-refractivity contribution in [2.45, 2.75) is 20.0 Å². The van der Waals surface area contributed by atoms with Gasteiger partial charge in [-0.1, -0.05) is 12.1 Å². The van der Waals surface area contributed by atoms with Crippen LogP contribution in [0, 0.1) is 6.92 Å². The summed E-state index contributed by atoms with van der Waals surface area (Å²) in [6, 6.07) is 4.68. The van der Waals surface area contributed by atoms with Gasteiger partial charge in [0, 0.05) is 17.8 Å². The van der Waals surface area contributed by atoms with Gasteiger partial charge in [0.1, 0.15) is 6.29 Å². The molecule has 5 nitrogen and oxygen atoms in total.